The molecule has 0 aliphatic rings. The van der Waals surface area contributed by atoms with E-state index in [0.717, 1.165) is 0 Å². The largest absolute Gasteiger partial charge is 0.506 e. The van der Waals surface area contributed by atoms with Crippen molar-refractivity contribution in [3.63, 3.8) is 0 Å². The van der Waals surface area contributed by atoms with Crippen LogP contribution in [0, 0.1) is 0 Å². The topological polar surface area (TPSA) is 208 Å². The van der Waals surface area contributed by atoms with Gasteiger partial charge >= 0.3 is 45.5 Å². The van der Waals surface area contributed by atoms with Crippen LogP contribution < -0.4 is 8.91 Å². The van der Waals surface area contributed by atoms with Crippen molar-refractivity contribution in [2.24, 2.45) is 0 Å². The molecule has 0 fully saturated rings. The molecular weight excluding hydrogens is 578 g/mol. The highest BCUT2D eigenvalue weighted by Gasteiger charge is 2.60. The second kappa shape index (κ2) is 9.69. The summed E-state index contributed by atoms with van der Waals surface area (Å²) < 4.78 is 136. The molecule has 0 radical (unpaired) electrons. The minimum Gasteiger partial charge on any atom is -0.456 e. The molecule has 0 unspecified atom stereocenters. The fourth-order valence-corrected chi connectivity index (χ4v) is 4.21. The van der Waals surface area contributed by atoms with Gasteiger partial charge in [-0.3, -0.25) is 18.6 Å². The number of nitrogens with one attached hydrogen (secondary N) is 1. The van der Waals surface area contributed by atoms with Crippen molar-refractivity contribution in [3.05, 3.63) is 29.3 Å². The van der Waals surface area contributed by atoms with Crippen molar-refractivity contribution in [1.82, 2.24) is 4.72 Å². The van der Waals surface area contributed by atoms with Crippen LogP contribution in [0.1, 0.15) is 41.5 Å². The number of carbonyl (C=O) groups excluding carboxylic acids is 2. The summed E-state index contributed by atoms with van der Waals surface area (Å²) in [5.74, 6) is -4.35. The molecule has 0 spiro atoms. The van der Waals surface area contributed by atoms with Crippen LogP contribution in [-0.4, -0.2) is 61.0 Å². The van der Waals surface area contributed by atoms with E-state index in [-0.39, 0.29) is 6.07 Å². The number of benzene rings is 1. The van der Waals surface area contributed by atoms with Crippen LogP contribution in [0.15, 0.2) is 18.2 Å². The molecule has 0 aliphatic heterocycles. The van der Waals surface area contributed by atoms with Gasteiger partial charge in [0, 0.05) is 17.5 Å². The molecule has 0 aliphatic carbocycles. The van der Waals surface area contributed by atoms with Gasteiger partial charge in [0.1, 0.15) is 11.4 Å². The van der Waals surface area contributed by atoms with E-state index < -0.39 is 85.8 Å². The molecule has 0 saturated heterocycles. The number of hydrogen-bond donors (Lipinski definition) is 3. The average Bonchev–Trinajstić information content (AvgIpc) is 2.62. The predicted molar refractivity (Wildman–Crippen MR) is 109 cm³/mol. The molecule has 0 aromatic heterocycles. The van der Waals surface area contributed by atoms with Crippen molar-refractivity contribution in [3.8, 4) is 5.75 Å². The van der Waals surface area contributed by atoms with Crippen LogP contribution >= 0.6 is 11.9 Å². The third kappa shape index (κ3) is 7.64. The molecule has 200 valence electrons. The number of alkyl halides is 4. The summed E-state index contributed by atoms with van der Waals surface area (Å²) in [6.07, 6.45) is 0. The van der Waals surface area contributed by atoms with Crippen LogP contribution in [0.2, 0.25) is 0 Å². The lowest BCUT2D eigenvalue weighted by atomic mass is 10.1. The highest BCUT2D eigenvalue weighted by molar-refractivity contribution is 8.11. The normalized spacial score (nSPS) is 13.7. The molecule has 1 amide bonds. The van der Waals surface area contributed by atoms with Gasteiger partial charge in [-0.05, 0) is 39.0 Å². The number of rotatable bonds is 9. The quantitative estimate of drug-likeness (QED) is 0.122. The number of amides is 1. The third-order valence-corrected chi connectivity index (χ3v) is 8.01. The Balaban J connectivity index is 3.53. The van der Waals surface area contributed by atoms with E-state index in [9.17, 15) is 52.4 Å². The van der Waals surface area contributed by atoms with Crippen molar-refractivity contribution in [1.29, 1.82) is 0 Å². The molecule has 1 aromatic carbocycles. The Hall–Kier alpha value is -2.20. The van der Waals surface area contributed by atoms with E-state index in [0.29, 0.717) is 12.1 Å². The second-order valence-corrected chi connectivity index (χ2v) is 13.1. The molecule has 35 heavy (non-hydrogen) atoms. The molecular formula is C14H15F4NO12S4. The first-order valence-electron chi connectivity index (χ1n) is 8.31. The smallest absolute Gasteiger partial charge is 0.456 e. The fraction of sp³-hybridized carbons (Fsp3) is 0.429. The minimum absolute atomic E-state index is 0.257. The number of hydrogen-bond acceptors (Lipinski definition) is 11. The molecule has 13 nitrogen and oxygen atoms in total. The Bertz CT molecular complexity index is 1340. The lowest BCUT2D eigenvalue weighted by Crippen LogP contribution is -2.40. The minimum atomic E-state index is -6.58. The SMILES string of the molecule is CC(C)(C)OC(=O)c1cc(OS(=O)(=O)C(F)(F)S(=O)(=O)O)cc(C(=O)NSC(F)(F)S(=O)(=O)O)c1. The van der Waals surface area contributed by atoms with Crippen LogP contribution in [0.3, 0.4) is 0 Å². The van der Waals surface area contributed by atoms with Gasteiger partial charge in [-0.25, -0.2) is 4.79 Å². The molecule has 0 heterocycles. The highest BCUT2D eigenvalue weighted by Crippen LogP contribution is 2.33. The zero-order valence-electron chi connectivity index (χ0n) is 17.4. The van der Waals surface area contributed by atoms with Crippen molar-refractivity contribution in [2.45, 2.75) is 35.5 Å². The standard InChI is InChI=1S/C14H15F4NO12S4/c1-12(2,3)30-11(21)8-4-7(10(20)19-32-13(15,16)33(22,23)24)5-9(6-8)31-35(28,29)14(17,18)34(25,26)27/h4-6H,1-3H3,(H,19,20)(H,22,23,24)(H,25,26,27). The summed E-state index contributed by atoms with van der Waals surface area (Å²) in [4.78, 5) is 24.4. The monoisotopic (exact) mass is 593 g/mol. The van der Waals surface area contributed by atoms with E-state index in [1.807, 2.05) is 0 Å². The number of carbonyl (C=O) groups is 2. The lowest BCUT2D eigenvalue weighted by Gasteiger charge is -2.20. The van der Waals surface area contributed by atoms with Crippen LogP contribution in [-0.2, 0) is 35.1 Å². The van der Waals surface area contributed by atoms with Crippen LogP contribution in [0.25, 0.3) is 0 Å². The maximum absolute atomic E-state index is 13.6. The Labute approximate surface area is 199 Å². The molecule has 0 saturated carbocycles. The number of ether oxygens (including phenoxy) is 1. The molecule has 0 atom stereocenters. The van der Waals surface area contributed by atoms with E-state index in [1.54, 1.807) is 0 Å². The molecule has 3 N–H and O–H groups in total. The van der Waals surface area contributed by atoms with E-state index in [2.05, 4.69) is 4.18 Å². The summed E-state index contributed by atoms with van der Waals surface area (Å²) in [7, 11) is -19.1. The second-order valence-electron chi connectivity index (χ2n) is 7.20. The van der Waals surface area contributed by atoms with E-state index in [1.165, 1.54) is 25.5 Å². The number of halogens is 4. The van der Waals surface area contributed by atoms with Gasteiger partial charge < -0.3 is 8.92 Å². The zero-order chi connectivity index (χ0) is 27.8. The molecule has 0 bridgehead atoms. The van der Waals surface area contributed by atoms with Gasteiger partial charge in [0.15, 0.2) is 0 Å². The summed E-state index contributed by atoms with van der Waals surface area (Å²) in [6.45, 7) is 4.10. The Morgan fingerprint density at radius 2 is 1.37 bits per heavy atom. The van der Waals surface area contributed by atoms with Gasteiger partial charge in [-0.2, -0.15) is 42.8 Å². The zero-order valence-corrected chi connectivity index (χ0v) is 20.6. The lowest BCUT2D eigenvalue weighted by molar-refractivity contribution is 0.00690. The Morgan fingerprint density at radius 3 is 1.80 bits per heavy atom. The molecule has 21 heteroatoms. The maximum atomic E-state index is 13.6. The summed E-state index contributed by atoms with van der Waals surface area (Å²) >= 11 is -1.14. The maximum Gasteiger partial charge on any atom is 0.506 e. The first-order chi connectivity index (χ1) is 15.3. The van der Waals surface area contributed by atoms with E-state index in [4.69, 9.17) is 13.8 Å². The van der Waals surface area contributed by atoms with Crippen LogP contribution in [0.5, 0.6) is 5.75 Å². The Kier molecular flexibility index (Phi) is 8.53. The van der Waals surface area contributed by atoms with E-state index >= 15 is 0 Å². The van der Waals surface area contributed by atoms with Gasteiger partial charge in [-0.1, -0.05) is 0 Å². The molecule has 1 aromatic rings. The average molecular weight is 594 g/mol. The first-order valence-corrected chi connectivity index (χ1v) is 13.4. The third-order valence-electron chi connectivity index (χ3n) is 3.16. The summed E-state index contributed by atoms with van der Waals surface area (Å²) in [5, 5.41) is 0. The highest BCUT2D eigenvalue weighted by atomic mass is 32.3. The first kappa shape index (κ1) is 30.8. The predicted octanol–water partition coefficient (Wildman–Crippen LogP) is 1.60. The van der Waals surface area contributed by atoms with Gasteiger partial charge in [0.05, 0.1) is 5.56 Å². The van der Waals surface area contributed by atoms with Crippen molar-refractivity contribution >= 4 is 54.2 Å². The van der Waals surface area contributed by atoms with Gasteiger partial charge in [0.25, 0.3) is 5.91 Å². The fourth-order valence-electron chi connectivity index (χ4n) is 1.75. The molecule has 1 rings (SSSR count). The summed E-state index contributed by atoms with van der Waals surface area (Å²) in [5.41, 5.74) is -2.97. The Morgan fingerprint density at radius 1 is 0.886 bits per heavy atom. The van der Waals surface area contributed by atoms with Crippen molar-refractivity contribution < 1.29 is 70.4 Å². The van der Waals surface area contributed by atoms with Gasteiger partial charge in [0.2, 0.25) is 0 Å². The summed E-state index contributed by atoms with van der Waals surface area (Å²) in [6, 6.07) is 1.21. The number of esters is 1. The van der Waals surface area contributed by atoms with Crippen LogP contribution in [0.4, 0.5) is 17.6 Å². The van der Waals surface area contributed by atoms with Gasteiger partial charge in [-0.15, -0.1) is 0 Å². The van der Waals surface area contributed by atoms with Crippen molar-refractivity contribution in [2.75, 3.05) is 0 Å².